The number of aromatic nitrogens is 5. The minimum atomic E-state index is 0. The molecule has 0 aliphatic carbocycles. The first-order valence-corrected chi connectivity index (χ1v) is 11.8. The van der Waals surface area contributed by atoms with Crippen molar-refractivity contribution in [1.29, 1.82) is 0 Å². The van der Waals surface area contributed by atoms with Crippen LogP contribution < -0.4 is 9.47 Å². The molecule has 7 nitrogen and oxygen atoms in total. The van der Waals surface area contributed by atoms with Crippen LogP contribution in [0.2, 0.25) is 0 Å². The Morgan fingerprint density at radius 2 is 1.69 bits per heavy atom. The lowest BCUT2D eigenvalue weighted by Gasteiger charge is -2.14. The molecule has 1 N–H and O–H groups in total. The smallest absolute Gasteiger partial charge is 0.180 e. The highest BCUT2D eigenvalue weighted by atomic mass is 35.5. The Labute approximate surface area is 216 Å². The number of H-pyrrole nitrogens is 1. The standard InChI is InChI=1S/C28H27N5O2.ClH/c1-4-21-15-27(25-16-22(35-18(2)3)13-14-26(25)29-21)34-17-19-9-11-20(12-10-19)23-7-5-6-8-24(23)28-30-32-33-31-28;/h5-16,18H,4,17H2,1-3H3,(H,30,31,32,33);1H. The van der Waals surface area contributed by atoms with Gasteiger partial charge in [-0.2, -0.15) is 0 Å². The van der Waals surface area contributed by atoms with Crippen LogP contribution >= 0.6 is 12.4 Å². The first-order valence-electron chi connectivity index (χ1n) is 11.8. The Balaban J connectivity index is 0.00000304. The maximum atomic E-state index is 6.31. The fourth-order valence-corrected chi connectivity index (χ4v) is 4.03. The summed E-state index contributed by atoms with van der Waals surface area (Å²) >= 11 is 0. The molecule has 0 atom stereocenters. The lowest BCUT2D eigenvalue weighted by atomic mass is 9.98. The number of tetrazole rings is 1. The summed E-state index contributed by atoms with van der Waals surface area (Å²) in [6.45, 7) is 6.58. The van der Waals surface area contributed by atoms with Crippen molar-refractivity contribution in [2.45, 2.75) is 39.9 Å². The molecule has 0 radical (unpaired) electrons. The quantitative estimate of drug-likeness (QED) is 0.263. The third-order valence-corrected chi connectivity index (χ3v) is 5.72. The number of nitrogens with zero attached hydrogens (tertiary/aromatic N) is 4. The van der Waals surface area contributed by atoms with Crippen LogP contribution in [-0.4, -0.2) is 31.7 Å². The predicted molar refractivity (Wildman–Crippen MR) is 144 cm³/mol. The summed E-state index contributed by atoms with van der Waals surface area (Å²) in [5, 5.41) is 15.3. The number of ether oxygens (including phenoxy) is 2. The van der Waals surface area contributed by atoms with E-state index in [1.165, 1.54) is 0 Å². The normalized spacial score (nSPS) is 10.9. The minimum Gasteiger partial charge on any atom is -0.491 e. The van der Waals surface area contributed by atoms with Crippen molar-refractivity contribution in [2.24, 2.45) is 0 Å². The van der Waals surface area contributed by atoms with E-state index < -0.39 is 0 Å². The van der Waals surface area contributed by atoms with E-state index in [4.69, 9.17) is 14.5 Å². The molecule has 2 heterocycles. The Bertz CT molecular complexity index is 1440. The van der Waals surface area contributed by atoms with E-state index in [1.54, 1.807) is 0 Å². The highest BCUT2D eigenvalue weighted by Crippen LogP contribution is 2.32. The lowest BCUT2D eigenvalue weighted by molar-refractivity contribution is 0.242. The topological polar surface area (TPSA) is 85.8 Å². The van der Waals surface area contributed by atoms with Crippen molar-refractivity contribution in [2.75, 3.05) is 0 Å². The summed E-state index contributed by atoms with van der Waals surface area (Å²) in [5.41, 5.74) is 6.08. The summed E-state index contributed by atoms with van der Waals surface area (Å²) in [7, 11) is 0. The number of nitrogens with one attached hydrogen (secondary N) is 1. The van der Waals surface area contributed by atoms with Gasteiger partial charge < -0.3 is 9.47 Å². The molecule has 0 saturated heterocycles. The Kier molecular flexibility index (Phi) is 7.80. The zero-order valence-corrected chi connectivity index (χ0v) is 21.2. The highest BCUT2D eigenvalue weighted by Gasteiger charge is 2.12. The molecule has 3 aromatic carbocycles. The molecular formula is C28H28ClN5O2. The Morgan fingerprint density at radius 1 is 0.917 bits per heavy atom. The fraction of sp³-hybridized carbons (Fsp3) is 0.214. The number of aryl methyl sites for hydroxylation is 1. The zero-order chi connectivity index (χ0) is 24.2. The van der Waals surface area contributed by atoms with Crippen LogP contribution in [0.3, 0.4) is 0 Å². The van der Waals surface area contributed by atoms with Crippen LogP contribution in [0.4, 0.5) is 0 Å². The van der Waals surface area contributed by atoms with Crippen molar-refractivity contribution in [1.82, 2.24) is 25.6 Å². The van der Waals surface area contributed by atoms with Crippen LogP contribution in [0.5, 0.6) is 11.5 Å². The van der Waals surface area contributed by atoms with E-state index in [9.17, 15) is 0 Å². The van der Waals surface area contributed by atoms with Gasteiger partial charge >= 0.3 is 0 Å². The van der Waals surface area contributed by atoms with Crippen molar-refractivity contribution < 1.29 is 9.47 Å². The molecule has 0 amide bonds. The van der Waals surface area contributed by atoms with E-state index in [0.29, 0.717) is 12.4 Å². The third kappa shape index (κ3) is 5.47. The van der Waals surface area contributed by atoms with E-state index in [1.807, 2.05) is 56.3 Å². The molecule has 0 fully saturated rings. The third-order valence-electron chi connectivity index (χ3n) is 5.72. The number of benzene rings is 3. The molecule has 2 aromatic heterocycles. The zero-order valence-electron chi connectivity index (χ0n) is 20.4. The summed E-state index contributed by atoms with van der Waals surface area (Å²) < 4.78 is 12.2. The predicted octanol–water partition coefficient (Wildman–Crippen LogP) is 6.43. The number of hydrogen-bond acceptors (Lipinski definition) is 6. The first-order chi connectivity index (χ1) is 17.1. The highest BCUT2D eigenvalue weighted by molar-refractivity contribution is 5.87. The molecule has 0 bridgehead atoms. The molecule has 5 rings (SSSR count). The van der Waals surface area contributed by atoms with Crippen LogP contribution in [0.1, 0.15) is 32.0 Å². The van der Waals surface area contributed by atoms with E-state index >= 15 is 0 Å². The SMILES string of the molecule is CCc1cc(OCc2ccc(-c3ccccc3-c3nnn[nH]3)cc2)c2cc(OC(C)C)ccc2n1.Cl. The summed E-state index contributed by atoms with van der Waals surface area (Å²) in [5.74, 6) is 2.27. The second kappa shape index (κ2) is 11.2. The molecule has 0 spiro atoms. The van der Waals surface area contributed by atoms with Gasteiger partial charge in [-0.1, -0.05) is 55.5 Å². The van der Waals surface area contributed by atoms with Crippen molar-refractivity contribution in [3.63, 3.8) is 0 Å². The van der Waals surface area contributed by atoms with E-state index in [-0.39, 0.29) is 18.5 Å². The molecule has 0 aliphatic heterocycles. The van der Waals surface area contributed by atoms with Gasteiger partial charge in [0.05, 0.1) is 11.6 Å². The summed E-state index contributed by atoms with van der Waals surface area (Å²) in [4.78, 5) is 4.75. The molecular weight excluding hydrogens is 474 g/mol. The van der Waals surface area contributed by atoms with Crippen LogP contribution in [-0.2, 0) is 13.0 Å². The largest absolute Gasteiger partial charge is 0.491 e. The number of rotatable bonds is 8. The monoisotopic (exact) mass is 501 g/mol. The van der Waals surface area contributed by atoms with Gasteiger partial charge in [-0.3, -0.25) is 4.98 Å². The van der Waals surface area contributed by atoms with Gasteiger partial charge in [-0.15, -0.1) is 17.5 Å². The maximum absolute atomic E-state index is 6.31. The number of fused-ring (bicyclic) bond motifs is 1. The average Bonchev–Trinajstić information content (AvgIpc) is 3.42. The summed E-state index contributed by atoms with van der Waals surface area (Å²) in [6.07, 6.45) is 0.939. The van der Waals surface area contributed by atoms with Gasteiger partial charge in [-0.25, -0.2) is 5.10 Å². The number of hydrogen-bond donors (Lipinski definition) is 1. The van der Waals surface area contributed by atoms with Crippen molar-refractivity contribution in [3.05, 3.63) is 84.1 Å². The second-order valence-electron chi connectivity index (χ2n) is 8.59. The van der Waals surface area contributed by atoms with E-state index in [2.05, 4.69) is 57.9 Å². The number of halogens is 1. The van der Waals surface area contributed by atoms with Gasteiger partial charge in [0.25, 0.3) is 0 Å². The Morgan fingerprint density at radius 3 is 2.39 bits per heavy atom. The molecule has 184 valence electrons. The van der Waals surface area contributed by atoms with Gasteiger partial charge in [-0.05, 0) is 65.6 Å². The number of pyridine rings is 1. The van der Waals surface area contributed by atoms with Gasteiger partial charge in [0.1, 0.15) is 18.1 Å². The van der Waals surface area contributed by atoms with Crippen molar-refractivity contribution >= 4 is 23.3 Å². The first kappa shape index (κ1) is 25.1. The van der Waals surface area contributed by atoms with Crippen LogP contribution in [0.15, 0.2) is 72.8 Å². The number of aromatic amines is 1. The fourth-order valence-electron chi connectivity index (χ4n) is 4.03. The van der Waals surface area contributed by atoms with Crippen molar-refractivity contribution in [3.8, 4) is 34.0 Å². The lowest BCUT2D eigenvalue weighted by Crippen LogP contribution is -2.05. The minimum absolute atomic E-state index is 0. The van der Waals surface area contributed by atoms with Gasteiger partial charge in [0.15, 0.2) is 5.82 Å². The van der Waals surface area contributed by atoms with E-state index in [0.717, 1.165) is 56.8 Å². The second-order valence-corrected chi connectivity index (χ2v) is 8.59. The van der Waals surface area contributed by atoms with Gasteiger partial charge in [0.2, 0.25) is 0 Å². The van der Waals surface area contributed by atoms with Crippen LogP contribution in [0, 0.1) is 0 Å². The molecule has 0 saturated carbocycles. The average molecular weight is 502 g/mol. The molecule has 0 unspecified atom stereocenters. The Hall–Kier alpha value is -3.97. The van der Waals surface area contributed by atoms with Crippen LogP contribution in [0.25, 0.3) is 33.4 Å². The van der Waals surface area contributed by atoms with Gasteiger partial charge in [0, 0.05) is 22.7 Å². The maximum Gasteiger partial charge on any atom is 0.180 e. The molecule has 8 heteroatoms. The molecule has 36 heavy (non-hydrogen) atoms. The molecule has 5 aromatic rings. The molecule has 0 aliphatic rings. The summed E-state index contributed by atoms with van der Waals surface area (Å²) in [6, 6.07) is 24.4.